The van der Waals surface area contributed by atoms with Crippen LogP contribution >= 0.6 is 23.6 Å². The number of anilines is 2. The minimum atomic E-state index is 0.0186. The Hall–Kier alpha value is -1.60. The standard InChI is InChI=1S/C12H15N5S2/c1-12(2,3)7-6-19-11(16-7)17-10-8(9(13)18)14-4-5-15-10/h4-6H,1-3H3,(H2,13,18)(H,15,16,17). The van der Waals surface area contributed by atoms with Gasteiger partial charge < -0.3 is 11.1 Å². The maximum Gasteiger partial charge on any atom is 0.188 e. The molecule has 0 amide bonds. The van der Waals surface area contributed by atoms with E-state index in [0.717, 1.165) is 10.8 Å². The van der Waals surface area contributed by atoms with Crippen LogP contribution < -0.4 is 11.1 Å². The third kappa shape index (κ3) is 3.24. The first-order valence-electron chi connectivity index (χ1n) is 5.72. The van der Waals surface area contributed by atoms with E-state index in [9.17, 15) is 0 Å². The van der Waals surface area contributed by atoms with Crippen molar-refractivity contribution in [3.8, 4) is 0 Å². The van der Waals surface area contributed by atoms with Crippen LogP contribution in [0.3, 0.4) is 0 Å². The molecule has 19 heavy (non-hydrogen) atoms. The fourth-order valence-corrected chi connectivity index (χ4v) is 2.47. The van der Waals surface area contributed by atoms with Crippen LogP contribution in [-0.4, -0.2) is 19.9 Å². The van der Waals surface area contributed by atoms with Gasteiger partial charge in [0.15, 0.2) is 10.9 Å². The Morgan fingerprint density at radius 1 is 1.32 bits per heavy atom. The van der Waals surface area contributed by atoms with E-state index in [2.05, 4.69) is 41.0 Å². The largest absolute Gasteiger partial charge is 0.388 e. The fraction of sp³-hybridized carbons (Fsp3) is 0.333. The quantitative estimate of drug-likeness (QED) is 0.847. The molecule has 7 heteroatoms. The molecule has 0 saturated heterocycles. The van der Waals surface area contributed by atoms with E-state index in [1.165, 1.54) is 11.3 Å². The predicted octanol–water partition coefficient (Wildman–Crippen LogP) is 2.61. The molecule has 0 spiro atoms. The van der Waals surface area contributed by atoms with E-state index in [4.69, 9.17) is 18.0 Å². The minimum Gasteiger partial charge on any atom is -0.388 e. The number of thiocarbonyl (C=S) groups is 1. The Bertz CT molecular complexity index is 600. The lowest BCUT2D eigenvalue weighted by molar-refractivity contribution is 0.573. The SMILES string of the molecule is CC(C)(C)c1csc(Nc2nccnc2C(N)=S)n1. The van der Waals surface area contributed by atoms with E-state index < -0.39 is 0 Å². The molecule has 0 saturated carbocycles. The number of nitrogens with one attached hydrogen (secondary N) is 1. The average molecular weight is 293 g/mol. The summed E-state index contributed by atoms with van der Waals surface area (Å²) in [7, 11) is 0. The first-order chi connectivity index (χ1) is 8.88. The molecule has 0 atom stereocenters. The number of hydrogen-bond donors (Lipinski definition) is 2. The third-order valence-electron chi connectivity index (χ3n) is 2.43. The van der Waals surface area contributed by atoms with Gasteiger partial charge in [0.2, 0.25) is 0 Å². The number of aromatic nitrogens is 3. The van der Waals surface area contributed by atoms with E-state index in [0.29, 0.717) is 11.5 Å². The van der Waals surface area contributed by atoms with Gasteiger partial charge in [0.05, 0.1) is 5.69 Å². The van der Waals surface area contributed by atoms with Gasteiger partial charge in [-0.1, -0.05) is 33.0 Å². The van der Waals surface area contributed by atoms with Gasteiger partial charge in [0, 0.05) is 23.2 Å². The Labute approximate surface area is 121 Å². The van der Waals surface area contributed by atoms with Crippen LogP contribution in [0.25, 0.3) is 0 Å². The molecular formula is C12H15N5S2. The number of rotatable bonds is 3. The maximum atomic E-state index is 5.61. The molecule has 0 unspecified atom stereocenters. The van der Waals surface area contributed by atoms with Gasteiger partial charge in [-0.15, -0.1) is 11.3 Å². The van der Waals surface area contributed by atoms with Crippen LogP contribution in [0.4, 0.5) is 10.9 Å². The normalized spacial score (nSPS) is 11.3. The van der Waals surface area contributed by atoms with Gasteiger partial charge in [-0.05, 0) is 0 Å². The Morgan fingerprint density at radius 2 is 2.00 bits per heavy atom. The molecule has 100 valence electrons. The van der Waals surface area contributed by atoms with Crippen LogP contribution in [0.5, 0.6) is 0 Å². The minimum absolute atomic E-state index is 0.0186. The average Bonchev–Trinajstić information content (AvgIpc) is 2.77. The summed E-state index contributed by atoms with van der Waals surface area (Å²) < 4.78 is 0. The van der Waals surface area contributed by atoms with Crippen molar-refractivity contribution in [3.63, 3.8) is 0 Å². The fourth-order valence-electron chi connectivity index (χ4n) is 1.39. The van der Waals surface area contributed by atoms with Gasteiger partial charge in [0.1, 0.15) is 10.7 Å². The van der Waals surface area contributed by atoms with Crippen molar-refractivity contribution in [2.24, 2.45) is 5.73 Å². The summed E-state index contributed by atoms with van der Waals surface area (Å²) in [6, 6.07) is 0. The molecule has 0 fully saturated rings. The van der Waals surface area contributed by atoms with Crippen molar-refractivity contribution >= 4 is 39.5 Å². The van der Waals surface area contributed by atoms with Gasteiger partial charge in [-0.2, -0.15) is 0 Å². The summed E-state index contributed by atoms with van der Waals surface area (Å²) in [6.07, 6.45) is 3.14. The van der Waals surface area contributed by atoms with Gasteiger partial charge in [0.25, 0.3) is 0 Å². The highest BCUT2D eigenvalue weighted by atomic mass is 32.1. The van der Waals surface area contributed by atoms with Crippen LogP contribution in [0.2, 0.25) is 0 Å². The van der Waals surface area contributed by atoms with E-state index in [1.54, 1.807) is 12.4 Å². The first kappa shape index (κ1) is 13.8. The van der Waals surface area contributed by atoms with Gasteiger partial charge in [-0.3, -0.25) is 0 Å². The zero-order valence-corrected chi connectivity index (χ0v) is 12.6. The molecule has 0 aliphatic rings. The van der Waals surface area contributed by atoms with Crippen molar-refractivity contribution < 1.29 is 0 Å². The lowest BCUT2D eigenvalue weighted by Crippen LogP contribution is -2.15. The molecule has 3 N–H and O–H groups in total. The zero-order chi connectivity index (χ0) is 14.0. The van der Waals surface area contributed by atoms with E-state index in [-0.39, 0.29) is 10.4 Å². The van der Waals surface area contributed by atoms with Crippen molar-refractivity contribution in [2.75, 3.05) is 5.32 Å². The van der Waals surface area contributed by atoms with Gasteiger partial charge in [-0.25, -0.2) is 15.0 Å². The Balaban J connectivity index is 2.27. The van der Waals surface area contributed by atoms with Crippen LogP contribution in [0.15, 0.2) is 17.8 Å². The summed E-state index contributed by atoms with van der Waals surface area (Å²) in [5.41, 5.74) is 7.14. The predicted molar refractivity (Wildman–Crippen MR) is 82.0 cm³/mol. The second-order valence-corrected chi connectivity index (χ2v) is 6.33. The van der Waals surface area contributed by atoms with E-state index in [1.807, 2.05) is 5.38 Å². The molecule has 2 heterocycles. The molecule has 0 aliphatic carbocycles. The number of thiazole rings is 1. The Morgan fingerprint density at radius 3 is 2.58 bits per heavy atom. The Kier molecular flexibility index (Phi) is 3.77. The lowest BCUT2D eigenvalue weighted by Gasteiger charge is -2.14. The highest BCUT2D eigenvalue weighted by Gasteiger charge is 2.18. The molecular weight excluding hydrogens is 278 g/mol. The van der Waals surface area contributed by atoms with Crippen LogP contribution in [0.1, 0.15) is 32.2 Å². The number of hydrogen-bond acceptors (Lipinski definition) is 6. The van der Waals surface area contributed by atoms with Crippen molar-refractivity contribution in [1.82, 2.24) is 15.0 Å². The lowest BCUT2D eigenvalue weighted by atomic mass is 9.93. The summed E-state index contributed by atoms with van der Waals surface area (Å²) in [6.45, 7) is 6.36. The first-order valence-corrected chi connectivity index (χ1v) is 7.00. The second-order valence-electron chi connectivity index (χ2n) is 5.03. The summed E-state index contributed by atoms with van der Waals surface area (Å²) in [5.74, 6) is 0.532. The molecule has 2 rings (SSSR count). The molecule has 0 radical (unpaired) electrons. The second kappa shape index (κ2) is 5.18. The topological polar surface area (TPSA) is 76.7 Å². The summed E-state index contributed by atoms with van der Waals surface area (Å²) >= 11 is 6.47. The highest BCUT2D eigenvalue weighted by molar-refractivity contribution is 7.80. The zero-order valence-electron chi connectivity index (χ0n) is 11.0. The molecule has 0 aromatic carbocycles. The molecule has 0 bridgehead atoms. The van der Waals surface area contributed by atoms with Crippen molar-refractivity contribution in [3.05, 3.63) is 29.2 Å². The summed E-state index contributed by atoms with van der Waals surface area (Å²) in [4.78, 5) is 13.1. The molecule has 5 nitrogen and oxygen atoms in total. The third-order valence-corrected chi connectivity index (χ3v) is 3.38. The monoisotopic (exact) mass is 293 g/mol. The highest BCUT2D eigenvalue weighted by Crippen LogP contribution is 2.28. The molecule has 0 aliphatic heterocycles. The smallest absolute Gasteiger partial charge is 0.188 e. The summed E-state index contributed by atoms with van der Waals surface area (Å²) in [5, 5.41) is 5.89. The number of nitrogens with zero attached hydrogens (tertiary/aromatic N) is 3. The maximum absolute atomic E-state index is 5.61. The molecule has 2 aromatic rings. The molecule has 2 aromatic heterocycles. The van der Waals surface area contributed by atoms with Crippen LogP contribution in [0, 0.1) is 0 Å². The van der Waals surface area contributed by atoms with Crippen molar-refractivity contribution in [2.45, 2.75) is 26.2 Å². The van der Waals surface area contributed by atoms with Crippen LogP contribution in [-0.2, 0) is 5.41 Å². The van der Waals surface area contributed by atoms with Crippen molar-refractivity contribution in [1.29, 1.82) is 0 Å². The van der Waals surface area contributed by atoms with Gasteiger partial charge >= 0.3 is 0 Å². The van der Waals surface area contributed by atoms with E-state index >= 15 is 0 Å². The number of nitrogens with two attached hydrogens (primary N) is 1.